The van der Waals surface area contributed by atoms with E-state index in [0.717, 1.165) is 10.5 Å². The summed E-state index contributed by atoms with van der Waals surface area (Å²) in [6.07, 6.45) is 0. The highest BCUT2D eigenvalue weighted by Crippen LogP contribution is 2.30. The third kappa shape index (κ3) is 4.90. The zero-order valence-corrected chi connectivity index (χ0v) is 16.9. The van der Waals surface area contributed by atoms with Gasteiger partial charge in [0.2, 0.25) is 5.91 Å². The van der Waals surface area contributed by atoms with Gasteiger partial charge in [0.25, 0.3) is 5.91 Å². The molecule has 2 N–H and O–H groups in total. The van der Waals surface area contributed by atoms with Crippen molar-refractivity contribution in [3.05, 3.63) is 59.7 Å². The van der Waals surface area contributed by atoms with Crippen LogP contribution in [0, 0.1) is 0 Å². The minimum absolute atomic E-state index is 0.0760. The summed E-state index contributed by atoms with van der Waals surface area (Å²) < 4.78 is 34.0. The van der Waals surface area contributed by atoms with Gasteiger partial charge in [0.1, 0.15) is 23.6 Å². The first-order chi connectivity index (χ1) is 14.7. The monoisotopic (exact) mass is 433 g/mol. The van der Waals surface area contributed by atoms with Crippen molar-refractivity contribution in [2.24, 2.45) is 0 Å². The van der Waals surface area contributed by atoms with Gasteiger partial charge < -0.3 is 20.1 Å². The maximum Gasteiger partial charge on any atom is 0.387 e. The van der Waals surface area contributed by atoms with Crippen LogP contribution in [0.5, 0.6) is 11.5 Å². The van der Waals surface area contributed by atoms with Gasteiger partial charge in [-0.25, -0.2) is 4.79 Å². The zero-order chi connectivity index (χ0) is 22.6. The molecule has 1 unspecified atom stereocenters. The van der Waals surface area contributed by atoms with Crippen LogP contribution in [0.15, 0.2) is 48.5 Å². The number of urea groups is 1. The fourth-order valence-corrected chi connectivity index (χ4v) is 3.19. The Morgan fingerprint density at radius 3 is 2.52 bits per heavy atom. The molecule has 3 rings (SSSR count). The average molecular weight is 433 g/mol. The van der Waals surface area contributed by atoms with Crippen molar-refractivity contribution in [1.29, 1.82) is 0 Å². The highest BCUT2D eigenvalue weighted by Gasteiger charge is 2.49. The number of alkyl halides is 2. The number of hydrogen-bond acceptors (Lipinski definition) is 5. The quantitative estimate of drug-likeness (QED) is 0.623. The van der Waals surface area contributed by atoms with Gasteiger partial charge in [0.05, 0.1) is 7.11 Å². The van der Waals surface area contributed by atoms with Gasteiger partial charge in [-0.2, -0.15) is 8.78 Å². The molecule has 1 aliphatic heterocycles. The molecule has 0 radical (unpaired) electrons. The molecule has 1 fully saturated rings. The first-order valence-corrected chi connectivity index (χ1v) is 9.32. The number of nitrogens with one attached hydrogen (secondary N) is 2. The van der Waals surface area contributed by atoms with Crippen molar-refractivity contribution in [2.75, 3.05) is 13.7 Å². The first kappa shape index (κ1) is 22.0. The molecular formula is C21H21F2N3O5. The van der Waals surface area contributed by atoms with Crippen LogP contribution in [0.2, 0.25) is 0 Å². The second kappa shape index (κ2) is 8.99. The van der Waals surface area contributed by atoms with Crippen LogP contribution in [0.4, 0.5) is 13.6 Å². The Labute approximate surface area is 177 Å². The molecule has 0 aliphatic carbocycles. The molecule has 1 heterocycles. The standard InChI is InChI=1S/C21H21F2N3O5/c1-21(14-6-8-15(9-7-14)31-19(22)23)18(28)26(20(29)25-21)12-17(27)24-11-13-4-3-5-16(10-13)30-2/h3-10,19H,11-12H2,1-2H3,(H,24,27)(H,25,29). The average Bonchev–Trinajstić information content (AvgIpc) is 2.96. The van der Waals surface area contributed by atoms with Crippen molar-refractivity contribution in [2.45, 2.75) is 25.6 Å². The van der Waals surface area contributed by atoms with Crippen molar-refractivity contribution < 1.29 is 32.6 Å². The number of amides is 4. The predicted octanol–water partition coefficient (Wildman–Crippen LogP) is 2.38. The Balaban J connectivity index is 1.64. The Hall–Kier alpha value is -3.69. The Kier molecular flexibility index (Phi) is 6.38. The molecule has 31 heavy (non-hydrogen) atoms. The van der Waals surface area contributed by atoms with Crippen LogP contribution in [0.25, 0.3) is 0 Å². The largest absolute Gasteiger partial charge is 0.497 e. The van der Waals surface area contributed by atoms with E-state index in [2.05, 4.69) is 15.4 Å². The highest BCUT2D eigenvalue weighted by molar-refractivity contribution is 6.09. The number of ether oxygens (including phenoxy) is 2. The lowest BCUT2D eigenvalue weighted by atomic mass is 9.92. The van der Waals surface area contributed by atoms with E-state index in [4.69, 9.17) is 4.74 Å². The number of nitrogens with zero attached hydrogens (tertiary/aromatic N) is 1. The number of carbonyl (C=O) groups is 3. The molecule has 1 aliphatic rings. The molecule has 0 bridgehead atoms. The lowest BCUT2D eigenvalue weighted by Gasteiger charge is -2.22. The van der Waals surface area contributed by atoms with Gasteiger partial charge in [-0.3, -0.25) is 14.5 Å². The Morgan fingerprint density at radius 2 is 1.87 bits per heavy atom. The lowest BCUT2D eigenvalue weighted by Crippen LogP contribution is -2.43. The Morgan fingerprint density at radius 1 is 1.16 bits per heavy atom. The van der Waals surface area contributed by atoms with E-state index in [1.807, 2.05) is 0 Å². The number of hydrogen-bond donors (Lipinski definition) is 2. The van der Waals surface area contributed by atoms with Gasteiger partial charge in [0.15, 0.2) is 0 Å². The van der Waals surface area contributed by atoms with Crippen LogP contribution in [-0.2, 0) is 21.7 Å². The van der Waals surface area contributed by atoms with Crippen LogP contribution in [0.1, 0.15) is 18.1 Å². The van der Waals surface area contributed by atoms with Gasteiger partial charge in [-0.05, 0) is 42.3 Å². The van der Waals surface area contributed by atoms with E-state index in [9.17, 15) is 23.2 Å². The van der Waals surface area contributed by atoms with E-state index in [-0.39, 0.29) is 12.3 Å². The molecule has 0 spiro atoms. The van der Waals surface area contributed by atoms with Crippen LogP contribution in [0.3, 0.4) is 0 Å². The first-order valence-electron chi connectivity index (χ1n) is 9.32. The molecule has 2 aromatic rings. The topological polar surface area (TPSA) is 97.0 Å². The van der Waals surface area contributed by atoms with Crippen molar-refractivity contribution >= 4 is 17.8 Å². The van der Waals surface area contributed by atoms with Crippen LogP contribution in [-0.4, -0.2) is 43.0 Å². The molecule has 164 valence electrons. The van der Waals surface area contributed by atoms with Gasteiger partial charge in [0, 0.05) is 6.54 Å². The smallest absolute Gasteiger partial charge is 0.387 e. The summed E-state index contributed by atoms with van der Waals surface area (Å²) >= 11 is 0. The minimum atomic E-state index is -2.97. The molecule has 10 heteroatoms. The van der Waals surface area contributed by atoms with Gasteiger partial charge in [-0.15, -0.1) is 0 Å². The maximum absolute atomic E-state index is 12.9. The molecule has 0 saturated carbocycles. The SMILES string of the molecule is COc1cccc(CNC(=O)CN2C(=O)NC(C)(c3ccc(OC(F)F)cc3)C2=O)c1. The van der Waals surface area contributed by atoms with Gasteiger partial charge >= 0.3 is 12.6 Å². The summed E-state index contributed by atoms with van der Waals surface area (Å²) in [5.41, 5.74) is -0.277. The Bertz CT molecular complexity index is 983. The fourth-order valence-electron chi connectivity index (χ4n) is 3.19. The molecule has 1 atom stereocenters. The second-order valence-electron chi connectivity index (χ2n) is 6.98. The summed E-state index contributed by atoms with van der Waals surface area (Å²) in [7, 11) is 1.53. The minimum Gasteiger partial charge on any atom is -0.497 e. The third-order valence-electron chi connectivity index (χ3n) is 4.86. The number of rotatable bonds is 8. The van der Waals surface area contributed by atoms with E-state index in [1.165, 1.54) is 38.3 Å². The van der Waals surface area contributed by atoms with E-state index < -0.39 is 36.5 Å². The number of halogens is 2. The normalized spacial score (nSPS) is 18.2. The summed E-state index contributed by atoms with van der Waals surface area (Å²) in [5, 5.41) is 5.21. The molecular weight excluding hydrogens is 412 g/mol. The third-order valence-corrected chi connectivity index (χ3v) is 4.86. The van der Waals surface area contributed by atoms with Gasteiger partial charge in [-0.1, -0.05) is 24.3 Å². The fraction of sp³-hybridized carbons (Fsp3) is 0.286. The van der Waals surface area contributed by atoms with Crippen LogP contribution >= 0.6 is 0 Å². The lowest BCUT2D eigenvalue weighted by molar-refractivity contribution is -0.134. The second-order valence-corrected chi connectivity index (χ2v) is 6.98. The molecule has 8 nitrogen and oxygen atoms in total. The van der Waals surface area contributed by atoms with E-state index in [0.29, 0.717) is 11.3 Å². The zero-order valence-electron chi connectivity index (χ0n) is 16.9. The summed E-state index contributed by atoms with van der Waals surface area (Å²) in [6.45, 7) is -1.76. The number of methoxy groups -OCH3 is 1. The number of benzene rings is 2. The number of carbonyl (C=O) groups excluding carboxylic acids is 3. The van der Waals surface area contributed by atoms with Crippen molar-refractivity contribution in [1.82, 2.24) is 15.5 Å². The summed E-state index contributed by atoms with van der Waals surface area (Å²) in [5.74, 6) is -0.581. The van der Waals surface area contributed by atoms with Crippen LogP contribution < -0.4 is 20.1 Å². The maximum atomic E-state index is 12.9. The number of imide groups is 1. The van der Waals surface area contributed by atoms with Crippen molar-refractivity contribution in [3.63, 3.8) is 0 Å². The molecule has 0 aromatic heterocycles. The van der Waals surface area contributed by atoms with Crippen molar-refractivity contribution in [3.8, 4) is 11.5 Å². The highest BCUT2D eigenvalue weighted by atomic mass is 19.3. The molecule has 1 saturated heterocycles. The molecule has 2 aromatic carbocycles. The molecule has 4 amide bonds. The van der Waals surface area contributed by atoms with E-state index in [1.54, 1.807) is 24.3 Å². The summed E-state index contributed by atoms with van der Waals surface area (Å²) in [4.78, 5) is 38.4. The predicted molar refractivity (Wildman–Crippen MR) is 106 cm³/mol. The summed E-state index contributed by atoms with van der Waals surface area (Å²) in [6, 6.07) is 11.7. The van der Waals surface area contributed by atoms with E-state index >= 15 is 0 Å².